The molecule has 0 aliphatic carbocycles. The number of hydrogen-bond donors (Lipinski definition) is 1. The predicted molar refractivity (Wildman–Crippen MR) is 73.7 cm³/mol. The van der Waals surface area contributed by atoms with Gasteiger partial charge in [0.1, 0.15) is 0 Å². The van der Waals surface area contributed by atoms with Crippen LogP contribution in [0.15, 0.2) is 41.8 Å². The minimum atomic E-state index is 0.330. The molecule has 1 aliphatic heterocycles. The van der Waals surface area contributed by atoms with Gasteiger partial charge in [-0.15, -0.1) is 11.3 Å². The summed E-state index contributed by atoms with van der Waals surface area (Å²) in [4.78, 5) is 1.49. The summed E-state index contributed by atoms with van der Waals surface area (Å²) in [6, 6.07) is 13.4. The molecule has 1 aliphatic rings. The molecule has 1 nitrogen and oxygen atoms in total. The average molecular weight is 243 g/mol. The van der Waals surface area contributed by atoms with Gasteiger partial charge in [-0.25, -0.2) is 0 Å². The molecule has 0 bridgehead atoms. The van der Waals surface area contributed by atoms with E-state index in [4.69, 9.17) is 0 Å². The Morgan fingerprint density at radius 3 is 2.71 bits per heavy atom. The van der Waals surface area contributed by atoms with E-state index in [9.17, 15) is 0 Å². The summed E-state index contributed by atoms with van der Waals surface area (Å²) in [5, 5.41) is 5.61. The molecule has 0 saturated carbocycles. The highest BCUT2D eigenvalue weighted by Crippen LogP contribution is 2.34. The second-order valence-electron chi connectivity index (χ2n) is 5.01. The van der Waals surface area contributed by atoms with Crippen molar-refractivity contribution in [1.29, 1.82) is 0 Å². The van der Waals surface area contributed by atoms with Crippen LogP contribution < -0.4 is 5.32 Å². The van der Waals surface area contributed by atoms with Crippen LogP contribution in [0.4, 0.5) is 0 Å². The van der Waals surface area contributed by atoms with E-state index >= 15 is 0 Å². The largest absolute Gasteiger partial charge is 0.315 e. The highest BCUT2D eigenvalue weighted by molar-refractivity contribution is 7.09. The van der Waals surface area contributed by atoms with E-state index in [0.29, 0.717) is 5.41 Å². The van der Waals surface area contributed by atoms with Gasteiger partial charge in [0.05, 0.1) is 0 Å². The Morgan fingerprint density at radius 1 is 1.24 bits per heavy atom. The molecule has 2 aromatic rings. The van der Waals surface area contributed by atoms with E-state index in [1.54, 1.807) is 0 Å². The molecule has 1 N–H and O–H groups in total. The summed E-state index contributed by atoms with van der Waals surface area (Å²) >= 11 is 1.87. The minimum Gasteiger partial charge on any atom is -0.315 e. The second-order valence-corrected chi connectivity index (χ2v) is 6.04. The monoisotopic (exact) mass is 243 g/mol. The third-order valence-electron chi connectivity index (χ3n) is 3.65. The van der Waals surface area contributed by atoms with Crippen LogP contribution in [-0.4, -0.2) is 13.1 Å². The van der Waals surface area contributed by atoms with Gasteiger partial charge in [0.25, 0.3) is 0 Å². The van der Waals surface area contributed by atoms with Crippen molar-refractivity contribution in [2.45, 2.75) is 18.8 Å². The molecule has 0 atom stereocenters. The molecule has 1 saturated heterocycles. The molecule has 0 amide bonds. The summed E-state index contributed by atoms with van der Waals surface area (Å²) in [7, 11) is 0. The lowest BCUT2D eigenvalue weighted by Crippen LogP contribution is -2.58. The first-order valence-corrected chi connectivity index (χ1v) is 6.97. The second kappa shape index (κ2) is 4.28. The molecule has 88 valence electrons. The van der Waals surface area contributed by atoms with Crippen LogP contribution in [0.25, 0.3) is 0 Å². The fourth-order valence-corrected chi connectivity index (χ4v) is 3.43. The van der Waals surface area contributed by atoms with Crippen LogP contribution in [0.2, 0.25) is 0 Å². The number of hydrogen-bond acceptors (Lipinski definition) is 2. The van der Waals surface area contributed by atoms with Crippen molar-refractivity contribution in [2.75, 3.05) is 13.1 Å². The topological polar surface area (TPSA) is 12.0 Å². The first-order valence-electron chi connectivity index (χ1n) is 6.09. The summed E-state index contributed by atoms with van der Waals surface area (Å²) in [6.07, 6.45) is 1.17. The lowest BCUT2D eigenvalue weighted by atomic mass is 9.72. The van der Waals surface area contributed by atoms with Gasteiger partial charge >= 0.3 is 0 Å². The normalized spacial score (nSPS) is 17.7. The van der Waals surface area contributed by atoms with Gasteiger partial charge in [-0.1, -0.05) is 35.9 Å². The third-order valence-corrected chi connectivity index (χ3v) is 4.53. The summed E-state index contributed by atoms with van der Waals surface area (Å²) in [5.74, 6) is 0. The first kappa shape index (κ1) is 11.0. The zero-order valence-corrected chi connectivity index (χ0v) is 10.9. The van der Waals surface area contributed by atoms with Crippen molar-refractivity contribution in [2.24, 2.45) is 0 Å². The Morgan fingerprint density at radius 2 is 2.12 bits per heavy atom. The molecule has 3 rings (SSSR count). The Labute approximate surface area is 106 Å². The third kappa shape index (κ3) is 2.03. The Bertz CT molecular complexity index is 497. The van der Waals surface area contributed by atoms with E-state index in [1.807, 2.05) is 11.3 Å². The van der Waals surface area contributed by atoms with Gasteiger partial charge in [-0.2, -0.15) is 0 Å². The van der Waals surface area contributed by atoms with Gasteiger partial charge in [0.2, 0.25) is 0 Å². The number of thiophene rings is 1. The molecule has 1 fully saturated rings. The van der Waals surface area contributed by atoms with E-state index in [1.165, 1.54) is 22.4 Å². The van der Waals surface area contributed by atoms with Crippen molar-refractivity contribution in [3.63, 3.8) is 0 Å². The zero-order chi connectivity index (χ0) is 11.7. The van der Waals surface area contributed by atoms with Crippen molar-refractivity contribution in [3.8, 4) is 0 Å². The molecular weight excluding hydrogens is 226 g/mol. The summed E-state index contributed by atoms with van der Waals surface area (Å²) < 4.78 is 0. The van der Waals surface area contributed by atoms with Crippen molar-refractivity contribution >= 4 is 11.3 Å². The molecule has 2 heteroatoms. The fraction of sp³-hybridized carbons (Fsp3) is 0.333. The van der Waals surface area contributed by atoms with Crippen molar-refractivity contribution in [1.82, 2.24) is 5.32 Å². The lowest BCUT2D eigenvalue weighted by Gasteiger charge is -2.43. The van der Waals surface area contributed by atoms with Gasteiger partial charge in [-0.3, -0.25) is 0 Å². The first-order chi connectivity index (χ1) is 8.28. The SMILES string of the molecule is Cc1cccc(C2(Cc3cccs3)CNC2)c1. The van der Waals surface area contributed by atoms with Crippen LogP contribution in [0.5, 0.6) is 0 Å². The van der Waals surface area contributed by atoms with Crippen LogP contribution in [0.3, 0.4) is 0 Å². The standard InChI is InChI=1S/C15H17NS/c1-12-4-2-5-13(8-12)15(10-16-11-15)9-14-6-3-7-17-14/h2-8,16H,9-11H2,1H3. The van der Waals surface area contributed by atoms with E-state index < -0.39 is 0 Å². The number of rotatable bonds is 3. The summed E-state index contributed by atoms with van der Waals surface area (Å²) in [6.45, 7) is 4.39. The molecule has 0 radical (unpaired) electrons. The number of nitrogens with one attached hydrogen (secondary N) is 1. The smallest absolute Gasteiger partial charge is 0.0250 e. The number of benzene rings is 1. The molecule has 0 spiro atoms. The maximum atomic E-state index is 3.44. The van der Waals surface area contributed by atoms with Crippen molar-refractivity contribution in [3.05, 3.63) is 57.8 Å². The molecule has 2 heterocycles. The highest BCUT2D eigenvalue weighted by atomic mass is 32.1. The van der Waals surface area contributed by atoms with Gasteiger partial charge < -0.3 is 5.32 Å². The zero-order valence-electron chi connectivity index (χ0n) is 10.1. The molecule has 1 aromatic carbocycles. The minimum absolute atomic E-state index is 0.330. The van der Waals surface area contributed by atoms with Crippen LogP contribution >= 0.6 is 11.3 Å². The summed E-state index contributed by atoms with van der Waals surface area (Å²) in [5.41, 5.74) is 3.18. The molecule has 1 aromatic heterocycles. The van der Waals surface area contributed by atoms with Gasteiger partial charge in [0.15, 0.2) is 0 Å². The van der Waals surface area contributed by atoms with E-state index in [0.717, 1.165) is 13.1 Å². The lowest BCUT2D eigenvalue weighted by molar-refractivity contribution is 0.276. The average Bonchev–Trinajstić information content (AvgIpc) is 2.76. The van der Waals surface area contributed by atoms with Crippen LogP contribution in [-0.2, 0) is 11.8 Å². The maximum absolute atomic E-state index is 3.44. The molecule has 0 unspecified atom stereocenters. The van der Waals surface area contributed by atoms with E-state index in [-0.39, 0.29) is 0 Å². The Kier molecular flexibility index (Phi) is 2.77. The molecule has 17 heavy (non-hydrogen) atoms. The van der Waals surface area contributed by atoms with E-state index in [2.05, 4.69) is 54.0 Å². The van der Waals surface area contributed by atoms with Gasteiger partial charge in [-0.05, 0) is 30.4 Å². The maximum Gasteiger partial charge on any atom is 0.0250 e. The highest BCUT2D eigenvalue weighted by Gasteiger charge is 2.38. The Hall–Kier alpha value is -1.12. The van der Waals surface area contributed by atoms with Gasteiger partial charge in [0, 0.05) is 23.4 Å². The quantitative estimate of drug-likeness (QED) is 0.873. The number of aryl methyl sites for hydroxylation is 1. The fourth-order valence-electron chi connectivity index (χ4n) is 2.58. The van der Waals surface area contributed by atoms with Crippen LogP contribution in [0, 0.1) is 6.92 Å². The molecular formula is C15H17NS. The van der Waals surface area contributed by atoms with Crippen LogP contribution in [0.1, 0.15) is 16.0 Å². The predicted octanol–water partition coefficient (Wildman–Crippen LogP) is 3.14. The Balaban J connectivity index is 1.92. The van der Waals surface area contributed by atoms with Crippen molar-refractivity contribution < 1.29 is 0 Å².